The SMILES string of the molecule is CC(C)c1ccc(/C=[N+](\[O-])C(C)(C)CO)cc1. The Balaban J connectivity index is 2.92. The maximum Gasteiger partial charge on any atom is 0.190 e. The van der Waals surface area contributed by atoms with Gasteiger partial charge in [0, 0.05) is 19.4 Å². The molecule has 0 aliphatic rings. The van der Waals surface area contributed by atoms with E-state index >= 15 is 0 Å². The van der Waals surface area contributed by atoms with Crippen LogP contribution in [0.3, 0.4) is 0 Å². The molecule has 0 radical (unpaired) electrons. The Morgan fingerprint density at radius 1 is 1.29 bits per heavy atom. The van der Waals surface area contributed by atoms with Crippen molar-refractivity contribution in [2.45, 2.75) is 39.2 Å². The summed E-state index contributed by atoms with van der Waals surface area (Å²) in [6.07, 6.45) is 1.51. The van der Waals surface area contributed by atoms with Crippen molar-refractivity contribution in [1.82, 2.24) is 0 Å². The number of nitrogens with zero attached hydrogens (tertiary/aromatic N) is 1. The highest BCUT2D eigenvalue weighted by Crippen LogP contribution is 2.14. The zero-order chi connectivity index (χ0) is 13.1. The summed E-state index contributed by atoms with van der Waals surface area (Å²) in [5.74, 6) is 0.487. The molecule has 94 valence electrons. The molecule has 0 atom stereocenters. The predicted molar refractivity (Wildman–Crippen MR) is 70.5 cm³/mol. The molecule has 0 aliphatic heterocycles. The summed E-state index contributed by atoms with van der Waals surface area (Å²) in [6.45, 7) is 7.51. The van der Waals surface area contributed by atoms with Gasteiger partial charge in [0.2, 0.25) is 0 Å². The van der Waals surface area contributed by atoms with E-state index in [4.69, 9.17) is 5.11 Å². The van der Waals surface area contributed by atoms with Gasteiger partial charge in [0.25, 0.3) is 0 Å². The lowest BCUT2D eigenvalue weighted by Gasteiger charge is -2.21. The fraction of sp³-hybridized carbons (Fsp3) is 0.500. The van der Waals surface area contributed by atoms with Crippen LogP contribution < -0.4 is 0 Å². The molecule has 1 N–H and O–H groups in total. The van der Waals surface area contributed by atoms with Crippen LogP contribution in [0.5, 0.6) is 0 Å². The van der Waals surface area contributed by atoms with Crippen LogP contribution in [-0.2, 0) is 0 Å². The Morgan fingerprint density at radius 3 is 2.24 bits per heavy atom. The monoisotopic (exact) mass is 235 g/mol. The van der Waals surface area contributed by atoms with Crippen LogP contribution in [0.1, 0.15) is 44.7 Å². The van der Waals surface area contributed by atoms with Gasteiger partial charge >= 0.3 is 0 Å². The normalized spacial score (nSPS) is 13.2. The van der Waals surface area contributed by atoms with Gasteiger partial charge in [0.1, 0.15) is 6.61 Å². The summed E-state index contributed by atoms with van der Waals surface area (Å²) >= 11 is 0. The van der Waals surface area contributed by atoms with Crippen LogP contribution in [0.15, 0.2) is 24.3 Å². The van der Waals surface area contributed by atoms with E-state index in [1.54, 1.807) is 13.8 Å². The zero-order valence-electron chi connectivity index (χ0n) is 11.0. The molecule has 1 rings (SSSR count). The molecule has 0 spiro atoms. The minimum absolute atomic E-state index is 0.170. The number of hydrogen-bond donors (Lipinski definition) is 1. The van der Waals surface area contributed by atoms with Crippen LogP contribution in [0.4, 0.5) is 0 Å². The van der Waals surface area contributed by atoms with Gasteiger partial charge in [-0.1, -0.05) is 26.0 Å². The molecule has 0 heterocycles. The standard InChI is InChI=1S/C14H21NO2/c1-11(2)13-7-5-12(6-8-13)9-15(17)14(3,4)10-16/h5-9,11,16H,10H2,1-4H3/b15-9-. The highest BCUT2D eigenvalue weighted by atomic mass is 16.5. The Hall–Kier alpha value is -1.35. The second kappa shape index (κ2) is 5.32. The van der Waals surface area contributed by atoms with Crippen LogP contribution in [0.2, 0.25) is 0 Å². The van der Waals surface area contributed by atoms with Crippen molar-refractivity contribution in [1.29, 1.82) is 0 Å². The van der Waals surface area contributed by atoms with Crippen molar-refractivity contribution in [3.8, 4) is 0 Å². The number of benzene rings is 1. The van der Waals surface area contributed by atoms with Crippen LogP contribution >= 0.6 is 0 Å². The van der Waals surface area contributed by atoms with E-state index in [0.29, 0.717) is 5.92 Å². The second-order valence-corrected chi connectivity index (χ2v) is 5.25. The second-order valence-electron chi connectivity index (χ2n) is 5.25. The maximum atomic E-state index is 11.8. The van der Waals surface area contributed by atoms with Gasteiger partial charge < -0.3 is 10.3 Å². The number of hydroxylamine groups is 1. The molecule has 0 aliphatic carbocycles. The molecule has 0 unspecified atom stereocenters. The Morgan fingerprint density at radius 2 is 1.82 bits per heavy atom. The summed E-state index contributed by atoms with van der Waals surface area (Å²) in [7, 11) is 0. The number of aliphatic hydroxyl groups is 1. The van der Waals surface area contributed by atoms with E-state index in [9.17, 15) is 5.21 Å². The first-order valence-corrected chi connectivity index (χ1v) is 5.89. The maximum absolute atomic E-state index is 11.8. The molecule has 0 aromatic heterocycles. The molecule has 0 saturated carbocycles. The molecule has 0 fully saturated rings. The minimum Gasteiger partial charge on any atom is -0.623 e. The van der Waals surface area contributed by atoms with E-state index in [0.717, 1.165) is 10.3 Å². The van der Waals surface area contributed by atoms with Gasteiger partial charge in [-0.2, -0.15) is 0 Å². The summed E-state index contributed by atoms with van der Waals surface area (Å²) in [4.78, 5) is 0. The smallest absolute Gasteiger partial charge is 0.190 e. The molecule has 1 aromatic carbocycles. The fourth-order valence-electron chi connectivity index (χ4n) is 1.35. The molecule has 0 amide bonds. The summed E-state index contributed by atoms with van der Waals surface area (Å²) in [6, 6.07) is 7.90. The van der Waals surface area contributed by atoms with E-state index in [2.05, 4.69) is 13.8 Å². The van der Waals surface area contributed by atoms with Crippen molar-refractivity contribution in [3.63, 3.8) is 0 Å². The summed E-state index contributed by atoms with van der Waals surface area (Å²) < 4.78 is 0.803. The highest BCUT2D eigenvalue weighted by molar-refractivity contribution is 5.75. The Bertz CT molecular complexity index is 391. The van der Waals surface area contributed by atoms with Crippen molar-refractivity contribution >= 4 is 6.21 Å². The number of rotatable bonds is 4. The van der Waals surface area contributed by atoms with Crippen LogP contribution in [0.25, 0.3) is 0 Å². The molecule has 3 nitrogen and oxygen atoms in total. The quantitative estimate of drug-likeness (QED) is 0.377. The van der Waals surface area contributed by atoms with Crippen LogP contribution in [0, 0.1) is 5.21 Å². The van der Waals surface area contributed by atoms with E-state index in [1.165, 1.54) is 11.8 Å². The van der Waals surface area contributed by atoms with Gasteiger partial charge in [-0.15, -0.1) is 0 Å². The lowest BCUT2D eigenvalue weighted by molar-refractivity contribution is -0.539. The lowest BCUT2D eigenvalue weighted by Crippen LogP contribution is -2.37. The lowest BCUT2D eigenvalue weighted by atomic mass is 10.0. The van der Waals surface area contributed by atoms with Gasteiger partial charge in [0.15, 0.2) is 11.8 Å². The third-order valence-corrected chi connectivity index (χ3v) is 2.85. The van der Waals surface area contributed by atoms with Crippen molar-refractivity contribution in [2.24, 2.45) is 0 Å². The zero-order valence-corrected chi connectivity index (χ0v) is 11.0. The van der Waals surface area contributed by atoms with E-state index < -0.39 is 5.54 Å². The number of aliphatic hydroxyl groups excluding tert-OH is 1. The first-order valence-electron chi connectivity index (χ1n) is 5.89. The average Bonchev–Trinajstić information content (AvgIpc) is 2.29. The molecule has 0 saturated heterocycles. The topological polar surface area (TPSA) is 46.3 Å². The number of hydrogen-bond acceptors (Lipinski definition) is 2. The van der Waals surface area contributed by atoms with E-state index in [1.807, 2.05) is 24.3 Å². The van der Waals surface area contributed by atoms with Crippen molar-refractivity contribution in [3.05, 3.63) is 40.6 Å². The first kappa shape index (κ1) is 13.7. The highest BCUT2D eigenvalue weighted by Gasteiger charge is 2.24. The molecule has 3 heteroatoms. The van der Waals surface area contributed by atoms with Gasteiger partial charge in [-0.25, -0.2) is 4.74 Å². The van der Waals surface area contributed by atoms with Crippen molar-refractivity contribution < 1.29 is 9.85 Å². The molecule has 1 aromatic rings. The van der Waals surface area contributed by atoms with E-state index in [-0.39, 0.29) is 6.61 Å². The average molecular weight is 235 g/mol. The largest absolute Gasteiger partial charge is 0.623 e. The van der Waals surface area contributed by atoms with Gasteiger partial charge in [-0.05, 0) is 23.6 Å². The van der Waals surface area contributed by atoms with Gasteiger partial charge in [0.05, 0.1) is 0 Å². The summed E-state index contributed by atoms with van der Waals surface area (Å²) in [5, 5.41) is 20.9. The third-order valence-electron chi connectivity index (χ3n) is 2.85. The molecular formula is C14H21NO2. The fourth-order valence-corrected chi connectivity index (χ4v) is 1.35. The third kappa shape index (κ3) is 3.56. The first-order chi connectivity index (χ1) is 7.86. The molecule has 17 heavy (non-hydrogen) atoms. The molecular weight excluding hydrogens is 214 g/mol. The Kier molecular flexibility index (Phi) is 4.29. The summed E-state index contributed by atoms with van der Waals surface area (Å²) in [5.41, 5.74) is 1.32. The minimum atomic E-state index is -0.781. The van der Waals surface area contributed by atoms with Gasteiger partial charge in [-0.3, -0.25) is 0 Å². The van der Waals surface area contributed by atoms with Crippen molar-refractivity contribution in [2.75, 3.05) is 6.61 Å². The predicted octanol–water partition coefficient (Wildman–Crippen LogP) is 2.51. The van der Waals surface area contributed by atoms with Crippen LogP contribution in [-0.4, -0.2) is 28.2 Å². The Labute approximate surface area is 103 Å². The molecule has 0 bridgehead atoms.